The minimum atomic E-state index is 0.266. The van der Waals surface area contributed by atoms with Crippen LogP contribution < -0.4 is 5.32 Å². The Morgan fingerprint density at radius 3 is 2.81 bits per heavy atom. The maximum Gasteiger partial charge on any atom is 0.223 e. The topological polar surface area (TPSA) is 32.3 Å². The average molecular weight is 244 g/mol. The van der Waals surface area contributed by atoms with Gasteiger partial charge < -0.3 is 10.2 Å². The standard InChI is InChI=1S/C12H24N2OS/c1-10(7-9-16-3)14(2)12(15)6-8-13-11-4-5-11/h10-11,13H,4-9H2,1-3H3. The van der Waals surface area contributed by atoms with Crippen molar-refractivity contribution in [3.05, 3.63) is 0 Å². The Labute approximate surface area is 103 Å². The van der Waals surface area contributed by atoms with Gasteiger partial charge in [-0.15, -0.1) is 0 Å². The molecule has 1 unspecified atom stereocenters. The Morgan fingerprint density at radius 2 is 2.25 bits per heavy atom. The Hall–Kier alpha value is -0.220. The molecule has 1 aliphatic rings. The van der Waals surface area contributed by atoms with Gasteiger partial charge in [0.1, 0.15) is 0 Å². The lowest BCUT2D eigenvalue weighted by Crippen LogP contribution is -2.37. The van der Waals surface area contributed by atoms with Gasteiger partial charge >= 0.3 is 0 Å². The highest BCUT2D eigenvalue weighted by Gasteiger charge is 2.21. The molecule has 1 fully saturated rings. The van der Waals surface area contributed by atoms with E-state index < -0.39 is 0 Å². The molecule has 1 atom stereocenters. The summed E-state index contributed by atoms with van der Waals surface area (Å²) in [5, 5.41) is 3.37. The molecule has 1 saturated carbocycles. The second kappa shape index (κ2) is 7.17. The first-order valence-corrected chi connectivity index (χ1v) is 7.52. The summed E-state index contributed by atoms with van der Waals surface area (Å²) in [6.45, 7) is 2.96. The Bertz CT molecular complexity index is 219. The molecule has 0 aromatic rings. The smallest absolute Gasteiger partial charge is 0.223 e. The van der Waals surface area contributed by atoms with Crippen LogP contribution in [0.5, 0.6) is 0 Å². The van der Waals surface area contributed by atoms with Crippen molar-refractivity contribution in [2.24, 2.45) is 0 Å². The van der Waals surface area contributed by atoms with Crippen molar-refractivity contribution in [1.29, 1.82) is 0 Å². The van der Waals surface area contributed by atoms with Crippen molar-refractivity contribution < 1.29 is 4.79 Å². The molecule has 0 heterocycles. The van der Waals surface area contributed by atoms with Crippen LogP contribution in [0.2, 0.25) is 0 Å². The predicted molar refractivity (Wildman–Crippen MR) is 70.9 cm³/mol. The highest BCUT2D eigenvalue weighted by molar-refractivity contribution is 7.98. The number of nitrogens with one attached hydrogen (secondary N) is 1. The number of amides is 1. The highest BCUT2D eigenvalue weighted by atomic mass is 32.2. The van der Waals surface area contributed by atoms with Crippen LogP contribution in [-0.4, -0.2) is 48.5 Å². The molecule has 1 N–H and O–H groups in total. The summed E-state index contributed by atoms with van der Waals surface area (Å²) in [4.78, 5) is 13.7. The Morgan fingerprint density at radius 1 is 1.56 bits per heavy atom. The molecular formula is C12H24N2OS. The minimum Gasteiger partial charge on any atom is -0.343 e. The number of carbonyl (C=O) groups is 1. The van der Waals surface area contributed by atoms with Gasteiger partial charge in [0.25, 0.3) is 0 Å². The van der Waals surface area contributed by atoms with Crippen LogP contribution in [-0.2, 0) is 4.79 Å². The van der Waals surface area contributed by atoms with Gasteiger partial charge in [0.2, 0.25) is 5.91 Å². The maximum atomic E-state index is 11.8. The van der Waals surface area contributed by atoms with Crippen LogP contribution >= 0.6 is 11.8 Å². The predicted octanol–water partition coefficient (Wildman–Crippen LogP) is 1.73. The fraction of sp³-hybridized carbons (Fsp3) is 0.917. The van der Waals surface area contributed by atoms with Gasteiger partial charge in [0.05, 0.1) is 0 Å². The number of hydrogen-bond acceptors (Lipinski definition) is 3. The van der Waals surface area contributed by atoms with Gasteiger partial charge in [-0.25, -0.2) is 0 Å². The second-order valence-corrected chi connectivity index (χ2v) is 5.60. The SMILES string of the molecule is CSCCC(C)N(C)C(=O)CCNC1CC1. The molecule has 1 aliphatic carbocycles. The molecule has 4 heteroatoms. The molecule has 0 spiro atoms. The summed E-state index contributed by atoms with van der Waals surface area (Å²) in [6, 6.07) is 1.06. The van der Waals surface area contributed by atoms with Crippen LogP contribution in [0.25, 0.3) is 0 Å². The van der Waals surface area contributed by atoms with E-state index in [4.69, 9.17) is 0 Å². The van der Waals surface area contributed by atoms with Crippen molar-refractivity contribution in [2.45, 2.75) is 44.7 Å². The van der Waals surface area contributed by atoms with E-state index in [0.29, 0.717) is 18.5 Å². The van der Waals surface area contributed by atoms with Crippen LogP contribution in [0.4, 0.5) is 0 Å². The summed E-state index contributed by atoms with van der Waals surface area (Å²) < 4.78 is 0. The Balaban J connectivity index is 2.11. The van der Waals surface area contributed by atoms with Gasteiger partial charge in [-0.2, -0.15) is 11.8 Å². The molecule has 3 nitrogen and oxygen atoms in total. The van der Waals surface area contributed by atoms with Gasteiger partial charge in [0, 0.05) is 32.1 Å². The molecule has 0 aromatic heterocycles. The fourth-order valence-corrected chi connectivity index (χ4v) is 2.15. The lowest BCUT2D eigenvalue weighted by Gasteiger charge is -2.25. The third-order valence-corrected chi connectivity index (χ3v) is 3.79. The number of thioether (sulfide) groups is 1. The minimum absolute atomic E-state index is 0.266. The summed E-state index contributed by atoms with van der Waals surface area (Å²) in [7, 11) is 1.92. The van der Waals surface area contributed by atoms with Crippen molar-refractivity contribution in [1.82, 2.24) is 10.2 Å². The third-order valence-electron chi connectivity index (χ3n) is 3.14. The van der Waals surface area contributed by atoms with Crippen LogP contribution in [0.1, 0.15) is 32.6 Å². The maximum absolute atomic E-state index is 11.8. The third kappa shape index (κ3) is 5.21. The lowest BCUT2D eigenvalue weighted by molar-refractivity contribution is -0.131. The summed E-state index contributed by atoms with van der Waals surface area (Å²) >= 11 is 1.84. The lowest BCUT2D eigenvalue weighted by atomic mass is 10.2. The summed E-state index contributed by atoms with van der Waals surface area (Å²) in [5.74, 6) is 1.39. The molecule has 0 bridgehead atoms. The van der Waals surface area contributed by atoms with Crippen molar-refractivity contribution in [2.75, 3.05) is 25.6 Å². The van der Waals surface area contributed by atoms with Crippen LogP contribution in [0, 0.1) is 0 Å². The van der Waals surface area contributed by atoms with E-state index in [1.165, 1.54) is 12.8 Å². The van der Waals surface area contributed by atoms with Crippen LogP contribution in [0.15, 0.2) is 0 Å². The monoisotopic (exact) mass is 244 g/mol. The van der Waals surface area contributed by atoms with E-state index in [1.54, 1.807) is 0 Å². The van der Waals surface area contributed by atoms with Gasteiger partial charge in [-0.1, -0.05) is 0 Å². The first-order valence-electron chi connectivity index (χ1n) is 6.13. The largest absolute Gasteiger partial charge is 0.343 e. The molecule has 0 radical (unpaired) electrons. The van der Waals surface area contributed by atoms with Crippen molar-refractivity contribution in [3.63, 3.8) is 0 Å². The first kappa shape index (κ1) is 13.8. The zero-order valence-corrected chi connectivity index (χ0v) is 11.5. The molecular weight excluding hydrogens is 220 g/mol. The van der Waals surface area contributed by atoms with E-state index >= 15 is 0 Å². The average Bonchev–Trinajstić information content (AvgIpc) is 3.08. The van der Waals surface area contributed by atoms with E-state index in [1.807, 2.05) is 23.7 Å². The van der Waals surface area contributed by atoms with E-state index in [2.05, 4.69) is 18.5 Å². The van der Waals surface area contributed by atoms with Gasteiger partial charge in [-0.05, 0) is 38.2 Å². The van der Waals surface area contributed by atoms with Crippen LogP contribution in [0.3, 0.4) is 0 Å². The molecule has 0 saturated heterocycles. The van der Waals surface area contributed by atoms with Crippen molar-refractivity contribution >= 4 is 17.7 Å². The van der Waals surface area contributed by atoms with E-state index in [9.17, 15) is 4.79 Å². The number of hydrogen-bond donors (Lipinski definition) is 1. The normalized spacial score (nSPS) is 17.2. The molecule has 16 heavy (non-hydrogen) atoms. The van der Waals surface area contributed by atoms with Gasteiger partial charge in [-0.3, -0.25) is 4.79 Å². The highest BCUT2D eigenvalue weighted by Crippen LogP contribution is 2.18. The second-order valence-electron chi connectivity index (χ2n) is 4.61. The molecule has 1 rings (SSSR count). The molecule has 0 aromatic carbocycles. The fourth-order valence-electron chi connectivity index (χ4n) is 1.57. The summed E-state index contributed by atoms with van der Waals surface area (Å²) in [5.41, 5.74) is 0. The number of carbonyl (C=O) groups excluding carboxylic acids is 1. The van der Waals surface area contributed by atoms with Crippen molar-refractivity contribution in [3.8, 4) is 0 Å². The zero-order valence-electron chi connectivity index (χ0n) is 10.7. The molecule has 1 amide bonds. The molecule has 94 valence electrons. The zero-order chi connectivity index (χ0) is 12.0. The quantitative estimate of drug-likeness (QED) is 0.706. The first-order chi connectivity index (χ1) is 7.65. The number of nitrogens with zero attached hydrogens (tertiary/aromatic N) is 1. The van der Waals surface area contributed by atoms with E-state index in [0.717, 1.165) is 18.7 Å². The van der Waals surface area contributed by atoms with Gasteiger partial charge in [0.15, 0.2) is 0 Å². The van der Waals surface area contributed by atoms with E-state index in [-0.39, 0.29) is 5.91 Å². The summed E-state index contributed by atoms with van der Waals surface area (Å²) in [6.07, 6.45) is 6.40. The Kier molecular flexibility index (Phi) is 6.21. The molecule has 0 aliphatic heterocycles. The number of rotatable bonds is 8.